The first-order valence-electron chi connectivity index (χ1n) is 9.66. The molecule has 1 aliphatic rings. The third-order valence-electron chi connectivity index (χ3n) is 5.12. The molecule has 5 heteroatoms. The highest BCUT2D eigenvalue weighted by Gasteiger charge is 2.13. The Balaban J connectivity index is 1.51. The van der Waals surface area contributed by atoms with Crippen molar-refractivity contribution in [2.24, 2.45) is 0 Å². The largest absolute Gasteiger partial charge is 0.372 e. The molecule has 1 N–H and O–H groups in total. The molecular formula is C23H21N5. The van der Waals surface area contributed by atoms with Crippen LogP contribution in [0.1, 0.15) is 12.8 Å². The maximum atomic E-state index is 4.79. The zero-order valence-electron chi connectivity index (χ0n) is 15.5. The molecule has 0 unspecified atom stereocenters. The van der Waals surface area contributed by atoms with E-state index in [0.717, 1.165) is 41.1 Å². The third-order valence-corrected chi connectivity index (χ3v) is 5.12. The molecule has 4 aromatic rings. The molecule has 0 radical (unpaired) electrons. The fourth-order valence-corrected chi connectivity index (χ4v) is 3.66. The topological polar surface area (TPSA) is 53.9 Å². The summed E-state index contributed by atoms with van der Waals surface area (Å²) >= 11 is 0. The van der Waals surface area contributed by atoms with Crippen LogP contribution in [0.2, 0.25) is 0 Å². The van der Waals surface area contributed by atoms with Crippen LogP contribution in [0.3, 0.4) is 0 Å². The van der Waals surface area contributed by atoms with Crippen LogP contribution in [-0.2, 0) is 0 Å². The number of hydrogen-bond acceptors (Lipinski definition) is 5. The van der Waals surface area contributed by atoms with Crippen LogP contribution in [0.4, 0.5) is 17.2 Å². The lowest BCUT2D eigenvalue weighted by atomic mass is 10.2. The van der Waals surface area contributed by atoms with Gasteiger partial charge in [0, 0.05) is 47.8 Å². The minimum Gasteiger partial charge on any atom is -0.372 e. The Morgan fingerprint density at radius 3 is 2.43 bits per heavy atom. The maximum absolute atomic E-state index is 4.79. The number of benzene rings is 2. The number of hydrogen-bond donors (Lipinski definition) is 1. The van der Waals surface area contributed by atoms with Gasteiger partial charge in [-0.3, -0.25) is 4.98 Å². The Morgan fingerprint density at radius 1 is 0.821 bits per heavy atom. The highest BCUT2D eigenvalue weighted by molar-refractivity contribution is 5.92. The lowest BCUT2D eigenvalue weighted by Crippen LogP contribution is -2.17. The van der Waals surface area contributed by atoms with Crippen LogP contribution in [0, 0.1) is 0 Å². The zero-order valence-corrected chi connectivity index (χ0v) is 15.5. The standard InChI is InChI=1S/C23H21N5/c1-2-8-21-20(7-1)23(27-22(26-21)17-6-5-13-24-16-17)25-18-9-11-19(12-10-18)28-14-3-4-15-28/h1-2,5-13,16H,3-4,14-15H2,(H,25,26,27). The molecule has 3 heterocycles. The smallest absolute Gasteiger partial charge is 0.163 e. The number of para-hydroxylation sites is 1. The highest BCUT2D eigenvalue weighted by atomic mass is 15.1. The molecule has 0 amide bonds. The first kappa shape index (κ1) is 16.7. The van der Waals surface area contributed by atoms with E-state index in [9.17, 15) is 0 Å². The van der Waals surface area contributed by atoms with Crippen molar-refractivity contribution in [1.29, 1.82) is 0 Å². The van der Waals surface area contributed by atoms with Crippen LogP contribution < -0.4 is 10.2 Å². The lowest BCUT2D eigenvalue weighted by molar-refractivity contribution is 0.949. The summed E-state index contributed by atoms with van der Waals surface area (Å²) in [5, 5.41) is 4.48. The molecular weight excluding hydrogens is 346 g/mol. The maximum Gasteiger partial charge on any atom is 0.163 e. The van der Waals surface area contributed by atoms with E-state index in [4.69, 9.17) is 9.97 Å². The molecule has 1 fully saturated rings. The quantitative estimate of drug-likeness (QED) is 0.548. The van der Waals surface area contributed by atoms with Crippen LogP contribution in [0.5, 0.6) is 0 Å². The summed E-state index contributed by atoms with van der Waals surface area (Å²) in [4.78, 5) is 16.1. The van der Waals surface area contributed by atoms with E-state index in [0.29, 0.717) is 5.82 Å². The van der Waals surface area contributed by atoms with Gasteiger partial charge in [-0.05, 0) is 61.4 Å². The average molecular weight is 367 g/mol. The van der Waals surface area contributed by atoms with E-state index in [1.165, 1.54) is 18.5 Å². The van der Waals surface area contributed by atoms with E-state index in [1.807, 2.05) is 36.4 Å². The molecule has 28 heavy (non-hydrogen) atoms. The predicted molar refractivity (Wildman–Crippen MR) is 114 cm³/mol. The van der Waals surface area contributed by atoms with E-state index < -0.39 is 0 Å². The minimum absolute atomic E-state index is 0.669. The number of pyridine rings is 1. The van der Waals surface area contributed by atoms with Gasteiger partial charge in [0.15, 0.2) is 5.82 Å². The van der Waals surface area contributed by atoms with Gasteiger partial charge >= 0.3 is 0 Å². The zero-order chi connectivity index (χ0) is 18.8. The Bertz CT molecular complexity index is 1090. The summed E-state index contributed by atoms with van der Waals surface area (Å²) in [7, 11) is 0. The van der Waals surface area contributed by atoms with Crippen molar-refractivity contribution in [3.05, 3.63) is 73.1 Å². The SMILES string of the molecule is c1cncc(-c2nc(Nc3ccc(N4CCCC4)cc3)c3ccccc3n2)c1. The molecule has 5 rings (SSSR count). The number of fused-ring (bicyclic) bond motifs is 1. The van der Waals surface area contributed by atoms with Gasteiger partial charge in [-0.25, -0.2) is 9.97 Å². The van der Waals surface area contributed by atoms with E-state index in [1.54, 1.807) is 12.4 Å². The Hall–Kier alpha value is -3.47. The summed E-state index contributed by atoms with van der Waals surface area (Å²) in [5.41, 5.74) is 4.11. The minimum atomic E-state index is 0.669. The first-order chi connectivity index (χ1) is 13.9. The Labute approximate surface area is 164 Å². The van der Waals surface area contributed by atoms with Crippen LogP contribution in [-0.4, -0.2) is 28.0 Å². The number of nitrogens with zero attached hydrogens (tertiary/aromatic N) is 4. The van der Waals surface area contributed by atoms with Crippen molar-refractivity contribution in [2.75, 3.05) is 23.3 Å². The third kappa shape index (κ3) is 3.27. The van der Waals surface area contributed by atoms with Crippen molar-refractivity contribution in [1.82, 2.24) is 15.0 Å². The second-order valence-electron chi connectivity index (χ2n) is 7.02. The molecule has 5 nitrogen and oxygen atoms in total. The molecule has 0 atom stereocenters. The summed E-state index contributed by atoms with van der Waals surface area (Å²) in [6, 6.07) is 20.5. The molecule has 2 aromatic carbocycles. The molecule has 1 saturated heterocycles. The lowest BCUT2D eigenvalue weighted by Gasteiger charge is -2.18. The molecule has 0 saturated carbocycles. The summed E-state index contributed by atoms with van der Waals surface area (Å²) in [5.74, 6) is 1.47. The highest BCUT2D eigenvalue weighted by Crippen LogP contribution is 2.28. The van der Waals surface area contributed by atoms with Crippen LogP contribution >= 0.6 is 0 Å². The predicted octanol–water partition coefficient (Wildman–Crippen LogP) is 5.04. The molecule has 0 bridgehead atoms. The second-order valence-corrected chi connectivity index (χ2v) is 7.02. The molecule has 0 aliphatic carbocycles. The summed E-state index contributed by atoms with van der Waals surface area (Å²) in [6.45, 7) is 2.30. The van der Waals surface area contributed by atoms with Crippen LogP contribution in [0.15, 0.2) is 73.1 Å². The monoisotopic (exact) mass is 367 g/mol. The first-order valence-corrected chi connectivity index (χ1v) is 9.66. The molecule has 138 valence electrons. The number of nitrogens with one attached hydrogen (secondary N) is 1. The number of aromatic nitrogens is 3. The van der Waals surface area contributed by atoms with Gasteiger partial charge in [-0.1, -0.05) is 12.1 Å². The van der Waals surface area contributed by atoms with Crippen molar-refractivity contribution < 1.29 is 0 Å². The fourth-order valence-electron chi connectivity index (χ4n) is 3.66. The van der Waals surface area contributed by atoms with Crippen molar-refractivity contribution in [3.63, 3.8) is 0 Å². The summed E-state index contributed by atoms with van der Waals surface area (Å²) in [6.07, 6.45) is 6.11. The number of anilines is 3. The second kappa shape index (κ2) is 7.27. The van der Waals surface area contributed by atoms with Gasteiger partial charge in [0.2, 0.25) is 0 Å². The van der Waals surface area contributed by atoms with Gasteiger partial charge in [0.1, 0.15) is 5.82 Å². The Kier molecular flexibility index (Phi) is 4.33. The van der Waals surface area contributed by atoms with Gasteiger partial charge in [0.25, 0.3) is 0 Å². The van der Waals surface area contributed by atoms with Crippen molar-refractivity contribution >= 4 is 28.1 Å². The van der Waals surface area contributed by atoms with Crippen LogP contribution in [0.25, 0.3) is 22.3 Å². The van der Waals surface area contributed by atoms with Gasteiger partial charge in [0.05, 0.1) is 5.52 Å². The van der Waals surface area contributed by atoms with Gasteiger partial charge in [-0.2, -0.15) is 0 Å². The average Bonchev–Trinajstić information content (AvgIpc) is 3.30. The van der Waals surface area contributed by atoms with Gasteiger partial charge in [-0.15, -0.1) is 0 Å². The number of rotatable bonds is 4. The fraction of sp³-hybridized carbons (Fsp3) is 0.174. The summed E-state index contributed by atoms with van der Waals surface area (Å²) < 4.78 is 0. The van der Waals surface area contributed by atoms with E-state index in [2.05, 4.69) is 39.5 Å². The molecule has 2 aromatic heterocycles. The van der Waals surface area contributed by atoms with Crippen molar-refractivity contribution in [2.45, 2.75) is 12.8 Å². The van der Waals surface area contributed by atoms with Gasteiger partial charge < -0.3 is 10.2 Å². The Morgan fingerprint density at radius 2 is 1.64 bits per heavy atom. The van der Waals surface area contributed by atoms with E-state index >= 15 is 0 Å². The normalized spacial score (nSPS) is 13.8. The van der Waals surface area contributed by atoms with Crippen molar-refractivity contribution in [3.8, 4) is 11.4 Å². The van der Waals surface area contributed by atoms with E-state index in [-0.39, 0.29) is 0 Å². The molecule has 0 spiro atoms. The molecule has 1 aliphatic heterocycles.